The number of allylic oxidation sites excluding steroid dienone is 1. The predicted molar refractivity (Wildman–Crippen MR) is 119 cm³/mol. The second-order valence-corrected chi connectivity index (χ2v) is 12.9. The third kappa shape index (κ3) is 2.63. The summed E-state index contributed by atoms with van der Waals surface area (Å²) in [6.07, 6.45) is 8.31. The fourth-order valence-electron chi connectivity index (χ4n) is 9.59. The second-order valence-electron chi connectivity index (χ2n) is 12.9. The average Bonchev–Trinajstić information content (AvgIpc) is 3.08. The number of carbonyl (C=O) groups is 1. The standard InChI is InChI=1S/C27H40O5/c1-15-7-10-27(31-14-15)16(2)23-25(4)13-21(29)22-19(20(25)12-26(23,30)32-27)6-5-17-11-18(28)8-9-24(17,22)3/h5,15-16,18-20,22-23,28,30H,6-14H2,1-4H3/t15-,16+,18+,19+,20+,22+,23-,24+,25+,26+,27-/m1/s1. The SMILES string of the molecule is C[C@@H]1CC[C@@]2(OC1)O[C@@]1(O)C[C@H]3[C@@H]4CC=C5C[C@@H](O)CC[C@]5(C)[C@@H]4C(=O)C[C@]3(C)[C@H]1[C@@H]2C. The molecule has 0 aromatic rings. The van der Waals surface area contributed by atoms with Gasteiger partial charge in [-0.25, -0.2) is 0 Å². The monoisotopic (exact) mass is 444 g/mol. The fraction of sp³-hybridized carbons (Fsp3) is 0.889. The van der Waals surface area contributed by atoms with Crippen molar-refractivity contribution in [3.8, 4) is 0 Å². The van der Waals surface area contributed by atoms with E-state index in [1.165, 1.54) is 5.57 Å². The zero-order valence-electron chi connectivity index (χ0n) is 20.1. The zero-order chi connectivity index (χ0) is 22.7. The molecule has 2 saturated heterocycles. The summed E-state index contributed by atoms with van der Waals surface area (Å²) in [7, 11) is 0. The van der Waals surface area contributed by atoms with Crippen molar-refractivity contribution < 1.29 is 24.5 Å². The minimum absolute atomic E-state index is 0.00606. The molecule has 0 unspecified atom stereocenters. The quantitative estimate of drug-likeness (QED) is 0.548. The van der Waals surface area contributed by atoms with Gasteiger partial charge in [-0.05, 0) is 60.7 Å². The van der Waals surface area contributed by atoms with Gasteiger partial charge >= 0.3 is 0 Å². The van der Waals surface area contributed by atoms with Gasteiger partial charge in [0.2, 0.25) is 0 Å². The molecule has 0 amide bonds. The van der Waals surface area contributed by atoms with Crippen LogP contribution in [0.5, 0.6) is 0 Å². The van der Waals surface area contributed by atoms with E-state index in [0.717, 1.165) is 32.1 Å². The van der Waals surface area contributed by atoms with Crippen LogP contribution in [-0.2, 0) is 14.3 Å². The van der Waals surface area contributed by atoms with Crippen molar-refractivity contribution >= 4 is 5.78 Å². The molecule has 2 heterocycles. The van der Waals surface area contributed by atoms with Crippen molar-refractivity contribution in [3.05, 3.63) is 11.6 Å². The van der Waals surface area contributed by atoms with Gasteiger partial charge in [0, 0.05) is 37.0 Å². The van der Waals surface area contributed by atoms with Crippen molar-refractivity contribution in [2.75, 3.05) is 6.61 Å². The van der Waals surface area contributed by atoms with Crippen LogP contribution >= 0.6 is 0 Å². The molecule has 4 aliphatic carbocycles. The minimum atomic E-state index is -1.21. The second kappa shape index (κ2) is 6.68. The van der Waals surface area contributed by atoms with Crippen LogP contribution < -0.4 is 0 Å². The Morgan fingerprint density at radius 2 is 1.94 bits per heavy atom. The van der Waals surface area contributed by atoms with Crippen molar-refractivity contribution in [2.24, 2.45) is 46.3 Å². The van der Waals surface area contributed by atoms with E-state index < -0.39 is 11.6 Å². The molecule has 178 valence electrons. The maximum absolute atomic E-state index is 13.9. The van der Waals surface area contributed by atoms with Gasteiger partial charge in [0.05, 0.1) is 12.7 Å². The Kier molecular flexibility index (Phi) is 4.54. The summed E-state index contributed by atoms with van der Waals surface area (Å²) in [6.45, 7) is 9.58. The number of hydrogen-bond acceptors (Lipinski definition) is 5. The Balaban J connectivity index is 1.36. The number of rotatable bonds is 0. The van der Waals surface area contributed by atoms with Gasteiger partial charge in [-0.2, -0.15) is 0 Å². The number of aliphatic hydroxyl groups is 2. The first kappa shape index (κ1) is 21.8. The van der Waals surface area contributed by atoms with E-state index in [4.69, 9.17) is 9.47 Å². The highest BCUT2D eigenvalue weighted by atomic mass is 16.8. The number of hydrogen-bond donors (Lipinski definition) is 2. The van der Waals surface area contributed by atoms with Gasteiger partial charge in [0.15, 0.2) is 11.6 Å². The lowest BCUT2D eigenvalue weighted by atomic mass is 9.46. The minimum Gasteiger partial charge on any atom is -0.393 e. The van der Waals surface area contributed by atoms with Crippen molar-refractivity contribution in [1.82, 2.24) is 0 Å². The van der Waals surface area contributed by atoms with Gasteiger partial charge in [-0.3, -0.25) is 4.79 Å². The molecule has 0 aromatic heterocycles. The van der Waals surface area contributed by atoms with Gasteiger partial charge < -0.3 is 19.7 Å². The van der Waals surface area contributed by atoms with Crippen LogP contribution in [0.1, 0.15) is 79.1 Å². The first-order valence-electron chi connectivity index (χ1n) is 13.0. The molecule has 2 aliphatic heterocycles. The maximum Gasteiger partial charge on any atom is 0.174 e. The van der Waals surface area contributed by atoms with Crippen LogP contribution in [0.3, 0.4) is 0 Å². The molecule has 5 nitrogen and oxygen atoms in total. The summed E-state index contributed by atoms with van der Waals surface area (Å²) >= 11 is 0. The molecular formula is C27H40O5. The summed E-state index contributed by atoms with van der Waals surface area (Å²) in [6, 6.07) is 0. The van der Waals surface area contributed by atoms with Crippen LogP contribution in [0, 0.1) is 46.3 Å². The van der Waals surface area contributed by atoms with Crippen LogP contribution in [0.4, 0.5) is 0 Å². The fourth-order valence-corrected chi connectivity index (χ4v) is 9.59. The number of aliphatic hydroxyl groups excluding tert-OH is 1. The van der Waals surface area contributed by atoms with Gasteiger partial charge in [0.25, 0.3) is 0 Å². The molecule has 0 bridgehead atoms. The lowest BCUT2D eigenvalue weighted by molar-refractivity contribution is -0.331. The predicted octanol–water partition coefficient (Wildman–Crippen LogP) is 4.21. The highest BCUT2D eigenvalue weighted by molar-refractivity contribution is 5.85. The van der Waals surface area contributed by atoms with E-state index in [2.05, 4.69) is 33.8 Å². The van der Waals surface area contributed by atoms with Crippen LogP contribution in [-0.4, -0.2) is 40.3 Å². The molecule has 5 fully saturated rings. The lowest BCUT2D eigenvalue weighted by Crippen LogP contribution is -2.56. The van der Waals surface area contributed by atoms with E-state index in [1.807, 2.05) is 0 Å². The number of carbonyl (C=O) groups excluding carboxylic acids is 1. The maximum atomic E-state index is 13.9. The van der Waals surface area contributed by atoms with Crippen molar-refractivity contribution in [2.45, 2.75) is 96.7 Å². The Bertz CT molecular complexity index is 858. The van der Waals surface area contributed by atoms with Crippen LogP contribution in [0.25, 0.3) is 0 Å². The molecule has 1 spiro atoms. The normalized spacial score (nSPS) is 59.2. The summed E-state index contributed by atoms with van der Waals surface area (Å²) in [5.74, 6) is -0.514. The largest absolute Gasteiger partial charge is 0.393 e. The Morgan fingerprint density at radius 3 is 2.66 bits per heavy atom. The van der Waals surface area contributed by atoms with E-state index in [-0.39, 0.29) is 46.5 Å². The summed E-state index contributed by atoms with van der Waals surface area (Å²) < 4.78 is 12.9. The summed E-state index contributed by atoms with van der Waals surface area (Å²) in [5.41, 5.74) is 0.884. The van der Waals surface area contributed by atoms with Gasteiger partial charge in [-0.15, -0.1) is 0 Å². The topological polar surface area (TPSA) is 76.0 Å². The molecule has 32 heavy (non-hydrogen) atoms. The third-order valence-corrected chi connectivity index (χ3v) is 11.1. The first-order valence-corrected chi connectivity index (χ1v) is 13.0. The van der Waals surface area contributed by atoms with E-state index in [0.29, 0.717) is 37.6 Å². The van der Waals surface area contributed by atoms with Crippen LogP contribution in [0.2, 0.25) is 0 Å². The molecule has 11 atom stereocenters. The average molecular weight is 445 g/mol. The van der Waals surface area contributed by atoms with Crippen molar-refractivity contribution in [3.63, 3.8) is 0 Å². The Hall–Kier alpha value is -0.750. The molecular weight excluding hydrogens is 404 g/mol. The molecule has 6 rings (SSSR count). The first-order chi connectivity index (χ1) is 15.0. The molecule has 2 N–H and O–H groups in total. The summed E-state index contributed by atoms with van der Waals surface area (Å²) in [5, 5.41) is 22.2. The summed E-state index contributed by atoms with van der Waals surface area (Å²) in [4.78, 5) is 13.9. The molecule has 6 aliphatic rings. The smallest absolute Gasteiger partial charge is 0.174 e. The lowest BCUT2D eigenvalue weighted by Gasteiger charge is -2.57. The third-order valence-electron chi connectivity index (χ3n) is 11.1. The molecule has 0 radical (unpaired) electrons. The number of Topliss-reactive ketones (excluding diaryl/α,β-unsaturated/α-hetero) is 1. The highest BCUT2D eigenvalue weighted by Crippen LogP contribution is 2.72. The van der Waals surface area contributed by atoms with Crippen LogP contribution in [0.15, 0.2) is 11.6 Å². The van der Waals surface area contributed by atoms with E-state index in [9.17, 15) is 15.0 Å². The molecule has 3 saturated carbocycles. The van der Waals surface area contributed by atoms with E-state index >= 15 is 0 Å². The highest BCUT2D eigenvalue weighted by Gasteiger charge is 2.75. The van der Waals surface area contributed by atoms with Gasteiger partial charge in [0.1, 0.15) is 5.78 Å². The van der Waals surface area contributed by atoms with Gasteiger partial charge in [-0.1, -0.05) is 39.3 Å². The number of fused-ring (bicyclic) bond motifs is 7. The number of ether oxygens (including phenoxy) is 2. The Morgan fingerprint density at radius 1 is 1.16 bits per heavy atom. The zero-order valence-corrected chi connectivity index (χ0v) is 20.1. The molecule has 0 aromatic carbocycles. The molecule has 5 heteroatoms. The Labute approximate surface area is 191 Å². The number of ketones is 1. The van der Waals surface area contributed by atoms with Crippen molar-refractivity contribution in [1.29, 1.82) is 0 Å². The van der Waals surface area contributed by atoms with E-state index in [1.54, 1.807) is 0 Å².